The first-order chi connectivity index (χ1) is 7.86. The molecule has 0 aliphatic carbocycles. The van der Waals surface area contributed by atoms with Gasteiger partial charge in [0, 0.05) is 17.3 Å². The molecule has 0 radical (unpaired) electrons. The summed E-state index contributed by atoms with van der Waals surface area (Å²) in [5, 5.41) is 3.22. The largest absolute Gasteiger partial charge is 0.495 e. The standard InChI is InChI=1S/C11H13N3OS/c1-12-11(9-6-13-7-16-9)10-8(15-2)4-3-5-14-10/h3-7,11-12H,1-2H3. The van der Waals surface area contributed by atoms with Crippen LogP contribution in [0.2, 0.25) is 0 Å². The van der Waals surface area contributed by atoms with Gasteiger partial charge in [0.05, 0.1) is 18.7 Å². The van der Waals surface area contributed by atoms with Gasteiger partial charge in [-0.3, -0.25) is 9.97 Å². The van der Waals surface area contributed by atoms with Gasteiger partial charge in [0.2, 0.25) is 0 Å². The number of methoxy groups -OCH3 is 1. The SMILES string of the molecule is CNC(c1cncs1)c1ncccc1OC. The highest BCUT2D eigenvalue weighted by Gasteiger charge is 2.18. The number of pyridine rings is 1. The number of thiazole rings is 1. The van der Waals surface area contributed by atoms with Gasteiger partial charge >= 0.3 is 0 Å². The number of rotatable bonds is 4. The van der Waals surface area contributed by atoms with Gasteiger partial charge in [-0.05, 0) is 19.2 Å². The first-order valence-electron chi connectivity index (χ1n) is 4.91. The van der Waals surface area contributed by atoms with E-state index in [4.69, 9.17) is 4.74 Å². The summed E-state index contributed by atoms with van der Waals surface area (Å²) in [4.78, 5) is 9.57. The van der Waals surface area contributed by atoms with Crippen LogP contribution in [0.15, 0.2) is 30.0 Å². The van der Waals surface area contributed by atoms with Crippen molar-refractivity contribution >= 4 is 11.3 Å². The number of hydrogen-bond acceptors (Lipinski definition) is 5. The predicted molar refractivity (Wildman–Crippen MR) is 63.8 cm³/mol. The number of hydrogen-bond donors (Lipinski definition) is 1. The molecule has 2 aromatic heterocycles. The van der Waals surface area contributed by atoms with E-state index in [2.05, 4.69) is 15.3 Å². The lowest BCUT2D eigenvalue weighted by molar-refractivity contribution is 0.402. The minimum Gasteiger partial charge on any atom is -0.495 e. The molecule has 84 valence electrons. The zero-order valence-corrected chi connectivity index (χ0v) is 9.99. The monoisotopic (exact) mass is 235 g/mol. The molecule has 16 heavy (non-hydrogen) atoms. The summed E-state index contributed by atoms with van der Waals surface area (Å²) < 4.78 is 5.31. The molecule has 2 heterocycles. The maximum Gasteiger partial charge on any atom is 0.142 e. The van der Waals surface area contributed by atoms with Gasteiger partial charge in [-0.2, -0.15) is 0 Å². The van der Waals surface area contributed by atoms with Crippen molar-refractivity contribution in [3.8, 4) is 5.75 Å². The molecule has 0 amide bonds. The number of nitrogens with zero attached hydrogens (tertiary/aromatic N) is 2. The minimum absolute atomic E-state index is 0.0312. The zero-order chi connectivity index (χ0) is 11.4. The maximum atomic E-state index is 5.31. The molecule has 1 unspecified atom stereocenters. The van der Waals surface area contributed by atoms with Crippen LogP contribution >= 0.6 is 11.3 Å². The summed E-state index contributed by atoms with van der Waals surface area (Å²) in [5.74, 6) is 0.787. The maximum absolute atomic E-state index is 5.31. The van der Waals surface area contributed by atoms with E-state index in [0.29, 0.717) is 0 Å². The van der Waals surface area contributed by atoms with Gasteiger partial charge < -0.3 is 10.1 Å². The van der Waals surface area contributed by atoms with Crippen LogP contribution in [0.1, 0.15) is 16.6 Å². The van der Waals surface area contributed by atoms with Gasteiger partial charge in [0.15, 0.2) is 0 Å². The Hall–Kier alpha value is -1.46. The molecule has 0 fully saturated rings. The van der Waals surface area contributed by atoms with Crippen molar-refractivity contribution in [3.05, 3.63) is 40.6 Å². The van der Waals surface area contributed by atoms with Crippen molar-refractivity contribution in [3.63, 3.8) is 0 Å². The molecule has 1 atom stereocenters. The van der Waals surface area contributed by atoms with E-state index in [1.54, 1.807) is 24.6 Å². The van der Waals surface area contributed by atoms with E-state index < -0.39 is 0 Å². The van der Waals surface area contributed by atoms with Crippen LogP contribution in [-0.4, -0.2) is 24.1 Å². The molecular formula is C11H13N3OS. The van der Waals surface area contributed by atoms with Crippen molar-refractivity contribution in [2.45, 2.75) is 6.04 Å². The molecule has 0 saturated carbocycles. The fourth-order valence-electron chi connectivity index (χ4n) is 1.57. The normalized spacial score (nSPS) is 12.4. The van der Waals surface area contributed by atoms with E-state index in [0.717, 1.165) is 16.3 Å². The molecular weight excluding hydrogens is 222 g/mol. The fraction of sp³-hybridized carbons (Fsp3) is 0.273. The fourth-order valence-corrected chi connectivity index (χ4v) is 2.30. The van der Waals surface area contributed by atoms with E-state index in [1.165, 1.54) is 0 Å². The molecule has 5 heteroatoms. The third-order valence-electron chi connectivity index (χ3n) is 2.32. The highest BCUT2D eigenvalue weighted by molar-refractivity contribution is 7.09. The third kappa shape index (κ3) is 2.05. The van der Waals surface area contributed by atoms with Crippen molar-refractivity contribution in [1.82, 2.24) is 15.3 Å². The third-order valence-corrected chi connectivity index (χ3v) is 3.16. The molecule has 0 aliphatic rings. The Morgan fingerprint density at radius 1 is 1.50 bits per heavy atom. The topological polar surface area (TPSA) is 47.0 Å². The van der Waals surface area contributed by atoms with E-state index in [1.807, 2.05) is 30.9 Å². The van der Waals surface area contributed by atoms with Gasteiger partial charge in [-0.25, -0.2) is 0 Å². The Bertz CT molecular complexity index is 444. The second-order valence-corrected chi connectivity index (χ2v) is 4.13. The molecule has 0 bridgehead atoms. The Kier molecular flexibility index (Phi) is 3.48. The van der Waals surface area contributed by atoms with Crippen LogP contribution < -0.4 is 10.1 Å². The molecule has 0 saturated heterocycles. The average Bonchev–Trinajstić information content (AvgIpc) is 2.84. The molecule has 1 N–H and O–H groups in total. The van der Waals surface area contributed by atoms with Crippen molar-refractivity contribution in [2.24, 2.45) is 0 Å². The average molecular weight is 235 g/mol. The summed E-state index contributed by atoms with van der Waals surface area (Å²) >= 11 is 1.60. The molecule has 2 rings (SSSR count). The summed E-state index contributed by atoms with van der Waals surface area (Å²) in [6, 6.07) is 3.80. The van der Waals surface area contributed by atoms with Crippen LogP contribution in [-0.2, 0) is 0 Å². The predicted octanol–water partition coefficient (Wildman–Crippen LogP) is 1.86. The Balaban J connectivity index is 2.41. The molecule has 0 aliphatic heterocycles. The smallest absolute Gasteiger partial charge is 0.142 e. The van der Waals surface area contributed by atoms with Crippen molar-refractivity contribution in [2.75, 3.05) is 14.2 Å². The molecule has 2 aromatic rings. The highest BCUT2D eigenvalue weighted by Crippen LogP contribution is 2.29. The van der Waals surface area contributed by atoms with Crippen LogP contribution in [0.3, 0.4) is 0 Å². The minimum atomic E-state index is 0.0312. The van der Waals surface area contributed by atoms with E-state index in [-0.39, 0.29) is 6.04 Å². The van der Waals surface area contributed by atoms with Gasteiger partial charge in [-0.1, -0.05) is 0 Å². The lowest BCUT2D eigenvalue weighted by Crippen LogP contribution is -2.18. The van der Waals surface area contributed by atoms with Crippen LogP contribution in [0.25, 0.3) is 0 Å². The lowest BCUT2D eigenvalue weighted by Gasteiger charge is -2.16. The highest BCUT2D eigenvalue weighted by atomic mass is 32.1. The Morgan fingerprint density at radius 2 is 2.38 bits per heavy atom. The summed E-state index contributed by atoms with van der Waals surface area (Å²) in [6.07, 6.45) is 3.61. The Morgan fingerprint density at radius 3 is 3.00 bits per heavy atom. The van der Waals surface area contributed by atoms with Gasteiger partial charge in [0.1, 0.15) is 11.4 Å². The van der Waals surface area contributed by atoms with Crippen LogP contribution in [0.4, 0.5) is 0 Å². The second kappa shape index (κ2) is 5.05. The van der Waals surface area contributed by atoms with Gasteiger partial charge in [0.25, 0.3) is 0 Å². The van der Waals surface area contributed by atoms with Crippen LogP contribution in [0.5, 0.6) is 5.75 Å². The quantitative estimate of drug-likeness (QED) is 0.878. The Labute approximate surface area is 98.3 Å². The number of aromatic nitrogens is 2. The van der Waals surface area contributed by atoms with Crippen molar-refractivity contribution < 1.29 is 4.74 Å². The van der Waals surface area contributed by atoms with Gasteiger partial charge in [-0.15, -0.1) is 11.3 Å². The summed E-state index contributed by atoms with van der Waals surface area (Å²) in [6.45, 7) is 0. The van der Waals surface area contributed by atoms with Crippen LogP contribution in [0, 0.1) is 0 Å². The lowest BCUT2D eigenvalue weighted by atomic mass is 10.1. The zero-order valence-electron chi connectivity index (χ0n) is 9.18. The number of nitrogens with one attached hydrogen (secondary N) is 1. The van der Waals surface area contributed by atoms with E-state index >= 15 is 0 Å². The molecule has 0 aromatic carbocycles. The first-order valence-corrected chi connectivity index (χ1v) is 5.79. The second-order valence-electron chi connectivity index (χ2n) is 3.22. The summed E-state index contributed by atoms with van der Waals surface area (Å²) in [7, 11) is 3.55. The molecule has 0 spiro atoms. The van der Waals surface area contributed by atoms with E-state index in [9.17, 15) is 0 Å². The number of ether oxygens (including phenoxy) is 1. The molecule has 4 nitrogen and oxygen atoms in total. The summed E-state index contributed by atoms with van der Waals surface area (Å²) in [5.41, 5.74) is 2.70. The van der Waals surface area contributed by atoms with Crippen molar-refractivity contribution in [1.29, 1.82) is 0 Å². The first kappa shape index (κ1) is 11.0.